The maximum absolute atomic E-state index is 4.14. The Morgan fingerprint density at radius 1 is 1.64 bits per heavy atom. The topological polar surface area (TPSA) is 28.2 Å². The highest BCUT2D eigenvalue weighted by molar-refractivity contribution is 8.00. The molecule has 14 heavy (non-hydrogen) atoms. The smallest absolute Gasteiger partial charge is 0.0936 e. The van der Waals surface area contributed by atoms with Crippen molar-refractivity contribution in [2.24, 2.45) is 0 Å². The van der Waals surface area contributed by atoms with Crippen LogP contribution >= 0.6 is 11.8 Å². The number of pyridine rings is 1. The van der Waals surface area contributed by atoms with E-state index in [4.69, 9.17) is 0 Å². The van der Waals surface area contributed by atoms with Crippen molar-refractivity contribution in [2.75, 3.05) is 13.6 Å². The highest BCUT2D eigenvalue weighted by Gasteiger charge is 2.23. The maximum Gasteiger partial charge on any atom is 0.0936 e. The van der Waals surface area contributed by atoms with Gasteiger partial charge in [-0.25, -0.2) is 10.4 Å². The lowest BCUT2D eigenvalue weighted by atomic mass is 10.3. The second kappa shape index (κ2) is 4.29. The summed E-state index contributed by atoms with van der Waals surface area (Å²) in [7, 11) is 2.08. The third-order valence-electron chi connectivity index (χ3n) is 2.22. The Hall–Kier alpha value is -0.580. The predicted molar refractivity (Wildman–Crippen MR) is 59.8 cm³/mol. The number of nitrogens with one attached hydrogen (secondary N) is 1. The van der Waals surface area contributed by atoms with Gasteiger partial charge in [0.05, 0.1) is 5.37 Å². The van der Waals surface area contributed by atoms with Gasteiger partial charge in [0.15, 0.2) is 0 Å². The first kappa shape index (κ1) is 9.96. The fourth-order valence-corrected chi connectivity index (χ4v) is 2.94. The van der Waals surface area contributed by atoms with Crippen LogP contribution in [0.25, 0.3) is 0 Å². The number of hydrazine groups is 1. The minimum Gasteiger partial charge on any atom is -0.264 e. The van der Waals surface area contributed by atoms with Gasteiger partial charge in [0.2, 0.25) is 0 Å². The van der Waals surface area contributed by atoms with Crippen LogP contribution in [0, 0.1) is 0 Å². The normalized spacial score (nSPS) is 29.0. The molecule has 0 radical (unpaired) electrons. The molecule has 2 rings (SSSR count). The van der Waals surface area contributed by atoms with Crippen LogP contribution in [-0.4, -0.2) is 28.8 Å². The Kier molecular flexibility index (Phi) is 3.05. The zero-order valence-corrected chi connectivity index (χ0v) is 9.29. The molecule has 1 aliphatic heterocycles. The van der Waals surface area contributed by atoms with Gasteiger partial charge in [-0.2, -0.15) is 0 Å². The van der Waals surface area contributed by atoms with E-state index < -0.39 is 0 Å². The number of hydrogen-bond donors (Lipinski definition) is 1. The summed E-state index contributed by atoms with van der Waals surface area (Å²) >= 11 is 1.95. The average molecular weight is 209 g/mol. The second-order valence-corrected chi connectivity index (χ2v) is 5.17. The van der Waals surface area contributed by atoms with Crippen molar-refractivity contribution in [3.8, 4) is 0 Å². The monoisotopic (exact) mass is 209 g/mol. The molecular weight excluding hydrogens is 194 g/mol. The molecule has 0 saturated carbocycles. The number of hydrogen-bond acceptors (Lipinski definition) is 4. The van der Waals surface area contributed by atoms with Crippen LogP contribution < -0.4 is 5.43 Å². The van der Waals surface area contributed by atoms with Crippen LogP contribution in [0.3, 0.4) is 0 Å². The standard InChI is InChI=1S/C10H15N3S/c1-8-7-13(2)12-10(14-8)9-4-3-5-11-6-9/h3-6,8,10,12H,7H2,1-2H3. The van der Waals surface area contributed by atoms with Crippen molar-refractivity contribution in [3.05, 3.63) is 30.1 Å². The van der Waals surface area contributed by atoms with E-state index in [1.165, 1.54) is 5.56 Å². The van der Waals surface area contributed by atoms with E-state index in [1.807, 2.05) is 30.2 Å². The van der Waals surface area contributed by atoms with Crippen molar-refractivity contribution in [1.82, 2.24) is 15.4 Å². The largest absolute Gasteiger partial charge is 0.264 e. The zero-order valence-electron chi connectivity index (χ0n) is 8.47. The Morgan fingerprint density at radius 3 is 3.14 bits per heavy atom. The van der Waals surface area contributed by atoms with Crippen molar-refractivity contribution in [2.45, 2.75) is 17.5 Å². The summed E-state index contributed by atoms with van der Waals surface area (Å²) < 4.78 is 0. The third kappa shape index (κ3) is 2.26. The van der Waals surface area contributed by atoms with Crippen molar-refractivity contribution in [1.29, 1.82) is 0 Å². The Labute approximate surface area is 88.9 Å². The molecule has 1 aliphatic rings. The molecule has 1 N–H and O–H groups in total. The van der Waals surface area contributed by atoms with E-state index in [0.29, 0.717) is 10.6 Å². The van der Waals surface area contributed by atoms with Crippen LogP contribution in [0.15, 0.2) is 24.5 Å². The Bertz CT molecular complexity index is 281. The van der Waals surface area contributed by atoms with E-state index in [1.54, 1.807) is 0 Å². The summed E-state index contributed by atoms with van der Waals surface area (Å²) in [6.45, 7) is 3.34. The summed E-state index contributed by atoms with van der Waals surface area (Å²) in [6, 6.07) is 4.10. The highest BCUT2D eigenvalue weighted by atomic mass is 32.2. The lowest BCUT2D eigenvalue weighted by Gasteiger charge is -2.34. The molecule has 2 atom stereocenters. The van der Waals surface area contributed by atoms with Gasteiger partial charge in [-0.15, -0.1) is 11.8 Å². The van der Waals surface area contributed by atoms with Crippen molar-refractivity contribution in [3.63, 3.8) is 0 Å². The molecule has 0 aliphatic carbocycles. The van der Waals surface area contributed by atoms with Gasteiger partial charge >= 0.3 is 0 Å². The minimum atomic E-state index is 0.345. The average Bonchev–Trinajstić information content (AvgIpc) is 2.18. The predicted octanol–water partition coefficient (Wildman–Crippen LogP) is 1.65. The van der Waals surface area contributed by atoms with E-state index in [0.717, 1.165) is 6.54 Å². The molecule has 1 saturated heterocycles. The first-order chi connectivity index (χ1) is 6.75. The van der Waals surface area contributed by atoms with E-state index >= 15 is 0 Å². The lowest BCUT2D eigenvalue weighted by molar-refractivity contribution is 0.219. The van der Waals surface area contributed by atoms with Crippen LogP contribution in [0.1, 0.15) is 17.9 Å². The summed E-state index contributed by atoms with van der Waals surface area (Å²) in [5.74, 6) is 0. The van der Waals surface area contributed by atoms with E-state index in [-0.39, 0.29) is 0 Å². The van der Waals surface area contributed by atoms with Gasteiger partial charge in [0.1, 0.15) is 0 Å². The molecule has 2 heterocycles. The van der Waals surface area contributed by atoms with Gasteiger partial charge in [-0.05, 0) is 11.6 Å². The molecule has 4 heteroatoms. The number of thioether (sulfide) groups is 1. The molecule has 1 fully saturated rings. The molecule has 0 aromatic carbocycles. The van der Waals surface area contributed by atoms with Gasteiger partial charge in [0, 0.05) is 31.2 Å². The Morgan fingerprint density at radius 2 is 2.50 bits per heavy atom. The molecule has 0 spiro atoms. The van der Waals surface area contributed by atoms with Crippen LogP contribution in [0.2, 0.25) is 0 Å². The fraction of sp³-hybridized carbons (Fsp3) is 0.500. The van der Waals surface area contributed by atoms with Gasteiger partial charge in [-0.1, -0.05) is 13.0 Å². The molecule has 3 nitrogen and oxygen atoms in total. The molecule has 1 aromatic heterocycles. The first-order valence-electron chi connectivity index (χ1n) is 4.78. The molecule has 2 unspecified atom stereocenters. The van der Waals surface area contributed by atoms with Crippen LogP contribution in [0.5, 0.6) is 0 Å². The van der Waals surface area contributed by atoms with Crippen molar-refractivity contribution >= 4 is 11.8 Å². The fourth-order valence-electron chi connectivity index (χ4n) is 1.63. The van der Waals surface area contributed by atoms with Crippen LogP contribution in [0.4, 0.5) is 0 Å². The second-order valence-electron chi connectivity index (χ2n) is 3.62. The van der Waals surface area contributed by atoms with Gasteiger partial charge in [-0.3, -0.25) is 4.98 Å². The molecule has 76 valence electrons. The minimum absolute atomic E-state index is 0.345. The number of rotatable bonds is 1. The first-order valence-corrected chi connectivity index (χ1v) is 5.72. The lowest BCUT2D eigenvalue weighted by Crippen LogP contribution is -2.44. The number of aromatic nitrogens is 1. The van der Waals surface area contributed by atoms with Crippen molar-refractivity contribution < 1.29 is 0 Å². The quantitative estimate of drug-likeness (QED) is 0.761. The van der Waals surface area contributed by atoms with Gasteiger partial charge < -0.3 is 0 Å². The summed E-state index contributed by atoms with van der Waals surface area (Å²) in [4.78, 5) is 4.14. The number of nitrogens with zero attached hydrogens (tertiary/aromatic N) is 2. The zero-order chi connectivity index (χ0) is 9.97. The summed E-state index contributed by atoms with van der Waals surface area (Å²) in [6.07, 6.45) is 3.74. The van der Waals surface area contributed by atoms with E-state index in [9.17, 15) is 0 Å². The molecule has 0 amide bonds. The third-order valence-corrected chi connectivity index (χ3v) is 3.49. The molecule has 0 bridgehead atoms. The maximum atomic E-state index is 4.14. The summed E-state index contributed by atoms with van der Waals surface area (Å²) in [5.41, 5.74) is 4.67. The molecule has 1 aromatic rings. The highest BCUT2D eigenvalue weighted by Crippen LogP contribution is 2.32. The van der Waals surface area contributed by atoms with Crippen LogP contribution in [-0.2, 0) is 0 Å². The molecular formula is C10H15N3S. The Balaban J connectivity index is 2.11. The SMILES string of the molecule is CC1CN(C)NC(c2cccnc2)S1. The van der Waals surface area contributed by atoms with E-state index in [2.05, 4.69) is 35.5 Å². The summed E-state index contributed by atoms with van der Waals surface area (Å²) in [5, 5.41) is 3.16. The van der Waals surface area contributed by atoms with Gasteiger partial charge in [0.25, 0.3) is 0 Å².